The molecule has 0 radical (unpaired) electrons. The molecule has 0 aliphatic heterocycles. The smallest absolute Gasteiger partial charge is 0.100 e. The number of allylic oxidation sites excluding steroid dienone is 1. The first-order chi connectivity index (χ1) is 16.2. The van der Waals surface area contributed by atoms with Crippen molar-refractivity contribution in [3.05, 3.63) is 119 Å². The Kier molecular flexibility index (Phi) is 9.78. The molecule has 170 valence electrons. The average Bonchev–Trinajstić information content (AvgIpc) is 2.85. The van der Waals surface area contributed by atoms with Crippen molar-refractivity contribution in [3.8, 4) is 0 Å². The van der Waals surface area contributed by atoms with Gasteiger partial charge in [0, 0.05) is 11.1 Å². The summed E-state index contributed by atoms with van der Waals surface area (Å²) < 4.78 is 13.2. The fourth-order valence-electron chi connectivity index (χ4n) is 3.61. The van der Waals surface area contributed by atoms with Gasteiger partial charge in [0.05, 0.1) is 12.4 Å². The first kappa shape index (κ1) is 24.3. The maximum absolute atomic E-state index is 13.2. The number of halogens is 1. The molecule has 3 aromatic carbocycles. The summed E-state index contributed by atoms with van der Waals surface area (Å²) in [6.45, 7) is 5.38. The third-order valence-corrected chi connectivity index (χ3v) is 5.57. The van der Waals surface area contributed by atoms with E-state index in [0.717, 1.165) is 47.2 Å². The van der Waals surface area contributed by atoms with Crippen LogP contribution in [0.25, 0.3) is 0 Å². The van der Waals surface area contributed by atoms with E-state index in [9.17, 15) is 4.39 Å². The Morgan fingerprint density at radius 3 is 2.15 bits per heavy atom. The van der Waals surface area contributed by atoms with Gasteiger partial charge < -0.3 is 0 Å². The average molecular weight is 441 g/mol. The quantitative estimate of drug-likeness (QED) is 0.119. The molecule has 0 heterocycles. The zero-order valence-electron chi connectivity index (χ0n) is 19.5. The van der Waals surface area contributed by atoms with E-state index in [1.54, 1.807) is 13.1 Å². The van der Waals surface area contributed by atoms with Crippen LogP contribution in [0.1, 0.15) is 60.4 Å². The van der Waals surface area contributed by atoms with Crippen molar-refractivity contribution in [2.45, 2.75) is 51.6 Å². The minimum atomic E-state index is -0.785. The number of nitrogens with zero attached hydrogens (tertiary/aromatic N) is 2. The zero-order valence-corrected chi connectivity index (χ0v) is 19.5. The fraction of sp³-hybridized carbons (Fsp3) is 0.267. The summed E-state index contributed by atoms with van der Waals surface area (Å²) in [6, 6.07) is 26.7. The van der Waals surface area contributed by atoms with Crippen LogP contribution in [0.4, 0.5) is 4.39 Å². The molecule has 0 spiro atoms. The lowest BCUT2D eigenvalue weighted by atomic mass is 9.99. The van der Waals surface area contributed by atoms with Gasteiger partial charge >= 0.3 is 0 Å². The molecule has 33 heavy (non-hydrogen) atoms. The lowest BCUT2D eigenvalue weighted by Gasteiger charge is -2.08. The number of hydrogen-bond donors (Lipinski definition) is 0. The Morgan fingerprint density at radius 2 is 1.48 bits per heavy atom. The Bertz CT molecular complexity index is 1030. The van der Waals surface area contributed by atoms with Gasteiger partial charge in [0.15, 0.2) is 0 Å². The molecule has 1 atom stereocenters. The third kappa shape index (κ3) is 8.27. The molecule has 0 N–H and O–H groups in total. The van der Waals surface area contributed by atoms with Crippen molar-refractivity contribution in [1.29, 1.82) is 0 Å². The maximum atomic E-state index is 13.2. The summed E-state index contributed by atoms with van der Waals surface area (Å²) in [5.74, 6) is 0. The highest BCUT2D eigenvalue weighted by Gasteiger charge is 2.08. The van der Waals surface area contributed by atoms with E-state index < -0.39 is 6.17 Å². The maximum Gasteiger partial charge on any atom is 0.100 e. The standard InChI is InChI=1S/C30H33FN2/c1-3-4-5-7-10-25-15-17-27(18-16-25)23-32-33-30(28-11-8-6-9-12-28)29-21-19-26(20-22-29)14-13-24(2)31/h3,6,8-9,11-12,15-24H,1,4-5,7,10,13-14H2,2H3. The van der Waals surface area contributed by atoms with Crippen molar-refractivity contribution < 1.29 is 4.39 Å². The molecule has 0 saturated carbocycles. The van der Waals surface area contributed by atoms with E-state index in [2.05, 4.69) is 41.0 Å². The molecule has 3 aromatic rings. The van der Waals surface area contributed by atoms with E-state index in [1.807, 2.05) is 60.7 Å². The van der Waals surface area contributed by atoms with E-state index in [1.165, 1.54) is 18.4 Å². The van der Waals surface area contributed by atoms with Crippen LogP contribution in [0, 0.1) is 0 Å². The van der Waals surface area contributed by atoms with E-state index in [-0.39, 0.29) is 0 Å². The molecule has 2 nitrogen and oxygen atoms in total. The van der Waals surface area contributed by atoms with Gasteiger partial charge in [-0.2, -0.15) is 5.10 Å². The van der Waals surface area contributed by atoms with Crippen molar-refractivity contribution >= 4 is 11.9 Å². The molecule has 0 amide bonds. The van der Waals surface area contributed by atoms with Gasteiger partial charge in [-0.1, -0.05) is 84.9 Å². The highest BCUT2D eigenvalue weighted by Crippen LogP contribution is 2.15. The van der Waals surface area contributed by atoms with Crippen LogP contribution in [0.3, 0.4) is 0 Å². The second kappa shape index (κ2) is 13.3. The summed E-state index contributed by atoms with van der Waals surface area (Å²) in [6.07, 6.45) is 8.78. The summed E-state index contributed by atoms with van der Waals surface area (Å²) in [5, 5.41) is 8.97. The van der Waals surface area contributed by atoms with Gasteiger partial charge in [0.25, 0.3) is 0 Å². The van der Waals surface area contributed by atoms with Crippen molar-refractivity contribution in [1.82, 2.24) is 0 Å². The van der Waals surface area contributed by atoms with Crippen LogP contribution in [-0.4, -0.2) is 18.1 Å². The minimum Gasteiger partial charge on any atom is -0.248 e. The number of alkyl halides is 1. The molecule has 0 saturated heterocycles. The SMILES string of the molecule is C=CCCCCc1ccc(C=NN=C(c2ccccc2)c2ccc(CCC(C)F)cc2)cc1. The topological polar surface area (TPSA) is 24.7 Å². The Labute approximate surface area is 197 Å². The first-order valence-electron chi connectivity index (χ1n) is 11.8. The van der Waals surface area contributed by atoms with Crippen molar-refractivity contribution in [2.75, 3.05) is 0 Å². The lowest BCUT2D eigenvalue weighted by Crippen LogP contribution is -2.03. The van der Waals surface area contributed by atoms with Gasteiger partial charge in [-0.25, -0.2) is 4.39 Å². The first-order valence-corrected chi connectivity index (χ1v) is 11.8. The Morgan fingerprint density at radius 1 is 0.848 bits per heavy atom. The number of unbranched alkanes of at least 4 members (excludes halogenated alkanes) is 2. The molecular weight excluding hydrogens is 407 g/mol. The predicted molar refractivity (Wildman–Crippen MR) is 139 cm³/mol. The molecule has 0 bridgehead atoms. The zero-order chi connectivity index (χ0) is 23.3. The molecule has 3 rings (SSSR count). The van der Waals surface area contributed by atoms with Crippen LogP contribution in [0.2, 0.25) is 0 Å². The fourth-order valence-corrected chi connectivity index (χ4v) is 3.61. The molecule has 0 aliphatic rings. The van der Waals surface area contributed by atoms with Crippen LogP contribution in [-0.2, 0) is 12.8 Å². The minimum absolute atomic E-state index is 0.539. The van der Waals surface area contributed by atoms with E-state index in [0.29, 0.717) is 6.42 Å². The molecule has 0 fully saturated rings. The number of benzene rings is 3. The van der Waals surface area contributed by atoms with Crippen molar-refractivity contribution in [3.63, 3.8) is 0 Å². The van der Waals surface area contributed by atoms with Crippen LogP contribution in [0.15, 0.2) is 102 Å². The summed E-state index contributed by atoms with van der Waals surface area (Å²) >= 11 is 0. The molecule has 3 heteroatoms. The van der Waals surface area contributed by atoms with Crippen LogP contribution < -0.4 is 0 Å². The predicted octanol–water partition coefficient (Wildman–Crippen LogP) is 7.75. The monoisotopic (exact) mass is 440 g/mol. The summed E-state index contributed by atoms with van der Waals surface area (Å²) in [5.41, 5.74) is 6.31. The molecule has 1 unspecified atom stereocenters. The normalized spacial score (nSPS) is 12.7. The van der Waals surface area contributed by atoms with Gasteiger partial charge in [-0.05, 0) is 62.1 Å². The number of hydrogen-bond acceptors (Lipinski definition) is 2. The van der Waals surface area contributed by atoms with Crippen molar-refractivity contribution in [2.24, 2.45) is 10.2 Å². The van der Waals surface area contributed by atoms with Crippen LogP contribution >= 0.6 is 0 Å². The largest absolute Gasteiger partial charge is 0.248 e. The van der Waals surface area contributed by atoms with Gasteiger partial charge in [-0.3, -0.25) is 0 Å². The highest BCUT2D eigenvalue weighted by molar-refractivity contribution is 6.13. The number of rotatable bonds is 12. The van der Waals surface area contributed by atoms with Crippen LogP contribution in [0.5, 0.6) is 0 Å². The van der Waals surface area contributed by atoms with Gasteiger partial charge in [-0.15, -0.1) is 11.7 Å². The molecular formula is C30H33FN2. The molecule has 0 aromatic heterocycles. The van der Waals surface area contributed by atoms with Gasteiger partial charge in [0.2, 0.25) is 0 Å². The third-order valence-electron chi connectivity index (χ3n) is 5.57. The summed E-state index contributed by atoms with van der Waals surface area (Å²) in [7, 11) is 0. The molecule has 0 aliphatic carbocycles. The number of aryl methyl sites for hydroxylation is 2. The second-order valence-electron chi connectivity index (χ2n) is 8.35. The van der Waals surface area contributed by atoms with E-state index in [4.69, 9.17) is 0 Å². The lowest BCUT2D eigenvalue weighted by molar-refractivity contribution is 0.341. The Hall–Kier alpha value is -3.33. The highest BCUT2D eigenvalue weighted by atomic mass is 19.1. The summed E-state index contributed by atoms with van der Waals surface area (Å²) in [4.78, 5) is 0. The Balaban J connectivity index is 1.73. The van der Waals surface area contributed by atoms with E-state index >= 15 is 0 Å². The second-order valence-corrected chi connectivity index (χ2v) is 8.35. The van der Waals surface area contributed by atoms with Gasteiger partial charge in [0.1, 0.15) is 5.71 Å².